The Labute approximate surface area is 426 Å². The monoisotopic (exact) mass is 1010 g/mol. The van der Waals surface area contributed by atoms with Crippen molar-refractivity contribution in [3.05, 3.63) is 59.9 Å². The fourth-order valence-electron chi connectivity index (χ4n) is 13.5. The molecule has 0 saturated carbocycles. The summed E-state index contributed by atoms with van der Waals surface area (Å²) in [6.07, 6.45) is 11.1. The van der Waals surface area contributed by atoms with Crippen LogP contribution in [0.3, 0.4) is 0 Å². The van der Waals surface area contributed by atoms with E-state index in [4.69, 9.17) is 34.3 Å². The Morgan fingerprint density at radius 2 is 1.76 bits per heavy atom. The minimum Gasteiger partial charge on any atom is -0.461 e. The lowest BCUT2D eigenvalue weighted by molar-refractivity contribution is -0.0366. The fourth-order valence-corrected chi connectivity index (χ4v) is 19.8. The molecule has 1 amide bonds. The van der Waals surface area contributed by atoms with Crippen molar-refractivity contribution in [3.63, 3.8) is 0 Å². The van der Waals surface area contributed by atoms with Crippen LogP contribution in [0.15, 0.2) is 48.6 Å². The molecule has 72 heavy (non-hydrogen) atoms. The summed E-state index contributed by atoms with van der Waals surface area (Å²) in [5.74, 6) is 3.93. The molecule has 5 aliphatic heterocycles. The van der Waals surface area contributed by atoms with Crippen molar-refractivity contribution in [2.24, 2.45) is 0 Å². The van der Waals surface area contributed by atoms with Gasteiger partial charge in [0, 0.05) is 54.2 Å². The van der Waals surface area contributed by atoms with Crippen molar-refractivity contribution in [1.82, 2.24) is 34.5 Å². The first-order valence-corrected chi connectivity index (χ1v) is 29.3. The number of halogens is 2. The first kappa shape index (κ1) is 49.0. The maximum absolute atomic E-state index is 17.0. The van der Waals surface area contributed by atoms with E-state index in [9.17, 15) is 9.18 Å². The highest BCUT2D eigenvalue weighted by molar-refractivity contribution is 7.26. The largest absolute Gasteiger partial charge is 0.461 e. The van der Waals surface area contributed by atoms with E-state index in [1.807, 2.05) is 54.9 Å². The van der Waals surface area contributed by atoms with Gasteiger partial charge in [-0.2, -0.15) is 15.1 Å². The highest BCUT2D eigenvalue weighted by Crippen LogP contribution is 2.49. The highest BCUT2D eigenvalue weighted by atomic mass is 32.1. The second-order valence-corrected chi connectivity index (χ2v) is 29.6. The van der Waals surface area contributed by atoms with Crippen molar-refractivity contribution in [3.8, 4) is 28.7 Å². The number of carbonyl (C=O) groups excluding carboxylic acids is 1. The van der Waals surface area contributed by atoms with Gasteiger partial charge >= 0.3 is 12.1 Å². The molecular formula is C56H68F2N8O4SSi. The third-order valence-electron chi connectivity index (χ3n) is 16.7. The number of amides is 1. The second kappa shape index (κ2) is 18.6. The Bertz CT molecular complexity index is 3170. The maximum atomic E-state index is 17.0. The van der Waals surface area contributed by atoms with Gasteiger partial charge in [-0.3, -0.25) is 14.8 Å². The van der Waals surface area contributed by atoms with Gasteiger partial charge in [-0.05, 0) is 124 Å². The van der Waals surface area contributed by atoms with Crippen LogP contribution >= 0.6 is 11.3 Å². The summed E-state index contributed by atoms with van der Waals surface area (Å²) in [6, 6.07) is 7.68. The van der Waals surface area contributed by atoms with Gasteiger partial charge in [0.1, 0.15) is 36.7 Å². The van der Waals surface area contributed by atoms with E-state index in [0.717, 1.165) is 111 Å². The number of rotatable bonds is 9. The van der Waals surface area contributed by atoms with Crippen LogP contribution in [0.25, 0.3) is 53.2 Å². The molecule has 0 spiro atoms. The molecule has 16 heteroatoms. The van der Waals surface area contributed by atoms with Crippen LogP contribution in [-0.4, -0.2) is 111 Å². The molecule has 1 unspecified atom stereocenters. The average Bonchev–Trinajstić information content (AvgIpc) is 4.16. The fraction of sp³-hybridized carbons (Fsp3) is 0.554. The average molecular weight is 1020 g/mol. The van der Waals surface area contributed by atoms with Gasteiger partial charge in [-0.25, -0.2) is 18.3 Å². The van der Waals surface area contributed by atoms with Gasteiger partial charge in [0.25, 0.3) is 0 Å². The summed E-state index contributed by atoms with van der Waals surface area (Å²) >= 11 is 1.53. The molecule has 0 radical (unpaired) electrons. The Balaban J connectivity index is 1.12. The molecular weight excluding hydrogens is 947 g/mol. The molecule has 11 rings (SSSR count). The summed E-state index contributed by atoms with van der Waals surface area (Å²) in [5.41, 5.74) is 7.48. The van der Waals surface area contributed by atoms with Crippen molar-refractivity contribution in [1.29, 1.82) is 0 Å². The van der Waals surface area contributed by atoms with E-state index in [1.165, 1.54) is 11.3 Å². The van der Waals surface area contributed by atoms with Gasteiger partial charge in [-0.15, -0.1) is 16.9 Å². The summed E-state index contributed by atoms with van der Waals surface area (Å²) in [7, 11) is -2.30. The van der Waals surface area contributed by atoms with E-state index in [0.29, 0.717) is 72.5 Å². The molecule has 4 atom stereocenters. The molecule has 9 heterocycles. The molecule has 2 bridgehead atoms. The Morgan fingerprint density at radius 1 is 1.00 bits per heavy atom. The molecule has 6 aromatic rings. The van der Waals surface area contributed by atoms with Crippen LogP contribution in [0.2, 0.25) is 16.6 Å². The van der Waals surface area contributed by atoms with Gasteiger partial charge < -0.3 is 19.1 Å². The SMILES string of the molecule is CC(C)[Si](C#Cc1c(F)ccc2cc3c(cnn3C3CCCCO3)c(-c3nccc4c3sc3nc(OC[C@@]56CCCN5C/C(=C\F)C6)nc(N5C[C@H]6CC[C@@H](C5)N6C(=O)OC(C)(C)C)c34)c12)(C(C)C)C(C)C. The molecule has 5 saturated heterocycles. The van der Waals surface area contributed by atoms with Crippen LogP contribution in [0, 0.1) is 17.3 Å². The van der Waals surface area contributed by atoms with E-state index in [2.05, 4.69) is 68.9 Å². The minimum absolute atomic E-state index is 0.0718. The first-order valence-electron chi connectivity index (χ1n) is 26.3. The molecule has 5 aliphatic rings. The number of aromatic nitrogens is 5. The van der Waals surface area contributed by atoms with Crippen LogP contribution < -0.4 is 9.64 Å². The van der Waals surface area contributed by atoms with Crippen LogP contribution in [0.1, 0.15) is 125 Å². The van der Waals surface area contributed by atoms with Gasteiger partial charge in [0.15, 0.2) is 6.23 Å². The maximum Gasteiger partial charge on any atom is 0.410 e. The molecule has 2 aromatic carbocycles. The van der Waals surface area contributed by atoms with Crippen molar-refractivity contribution < 1.29 is 27.8 Å². The van der Waals surface area contributed by atoms with E-state index >= 15 is 4.39 Å². The summed E-state index contributed by atoms with van der Waals surface area (Å²) < 4.78 is 52.8. The van der Waals surface area contributed by atoms with Crippen LogP contribution in [0.5, 0.6) is 6.01 Å². The van der Waals surface area contributed by atoms with E-state index < -0.39 is 13.7 Å². The highest BCUT2D eigenvalue weighted by Gasteiger charge is 2.48. The number of pyridine rings is 1. The zero-order valence-corrected chi connectivity index (χ0v) is 45.1. The first-order chi connectivity index (χ1) is 34.5. The van der Waals surface area contributed by atoms with Crippen molar-refractivity contribution in [2.45, 2.75) is 160 Å². The minimum atomic E-state index is -2.30. The topological polar surface area (TPSA) is 111 Å². The van der Waals surface area contributed by atoms with E-state index in [1.54, 1.807) is 6.07 Å². The predicted molar refractivity (Wildman–Crippen MR) is 286 cm³/mol. The normalized spacial score (nSPS) is 23.5. The molecule has 4 aromatic heterocycles. The Hall–Kier alpha value is -5.21. The number of hydrogen-bond acceptors (Lipinski definition) is 11. The molecule has 5 fully saturated rings. The molecule has 0 aliphatic carbocycles. The van der Waals surface area contributed by atoms with Gasteiger partial charge in [0.05, 0.1) is 57.0 Å². The van der Waals surface area contributed by atoms with Gasteiger partial charge in [0.2, 0.25) is 0 Å². The van der Waals surface area contributed by atoms with Crippen molar-refractivity contribution in [2.75, 3.05) is 44.3 Å². The number of fused-ring (bicyclic) bond motifs is 8. The number of piperazine rings is 1. The summed E-state index contributed by atoms with van der Waals surface area (Å²) in [5, 5.41) is 9.20. The standard InChI is InChI=1S/C56H68F2N8O4SSi/c1-33(2)72(34(3)4,35(5)6)24-19-40-43(58)17-14-37-25-44-42(28-60-66(44)45-13-10-11-23-68-45)47(46(37)40)49-50-41(18-21-59-49)48-51(63-30-38-15-16-39(31-63)65(38)54(67)70-55(7,8)9)61-53(62-52(48)71-50)69-32-56-20-12-22-64(56)29-36(26-56)27-57/h14,17-18,21,25,27-28,33-35,38-39,45H,10-13,15-16,20,22-23,26,29-32H2,1-9H3/b36-27-/t38-,39+,45?,56-/m0/s1. The van der Waals surface area contributed by atoms with Crippen LogP contribution in [-0.2, 0) is 9.47 Å². The molecule has 12 nitrogen and oxygen atoms in total. The number of benzene rings is 2. The third kappa shape index (κ3) is 8.25. The van der Waals surface area contributed by atoms with E-state index in [-0.39, 0.29) is 41.8 Å². The Kier molecular flexibility index (Phi) is 12.7. The number of thiophene rings is 1. The number of nitrogens with zero attached hydrogens (tertiary/aromatic N) is 8. The number of ether oxygens (including phenoxy) is 3. The lowest BCUT2D eigenvalue weighted by Gasteiger charge is -2.42. The summed E-state index contributed by atoms with van der Waals surface area (Å²) in [4.78, 5) is 36.8. The lowest BCUT2D eigenvalue weighted by atomic mass is 9.93. The summed E-state index contributed by atoms with van der Waals surface area (Å²) in [6.45, 7) is 23.0. The second-order valence-electron chi connectivity index (χ2n) is 23.1. The predicted octanol–water partition coefficient (Wildman–Crippen LogP) is 12.9. The lowest BCUT2D eigenvalue weighted by Crippen LogP contribution is -2.57. The Morgan fingerprint density at radius 3 is 2.46 bits per heavy atom. The number of hydrogen-bond donors (Lipinski definition) is 0. The molecule has 0 N–H and O–H groups in total. The smallest absolute Gasteiger partial charge is 0.410 e. The molecule has 380 valence electrons. The number of carbonyl (C=O) groups is 1. The van der Waals surface area contributed by atoms with Crippen LogP contribution in [0.4, 0.5) is 19.4 Å². The zero-order valence-electron chi connectivity index (χ0n) is 43.3. The quantitative estimate of drug-likeness (QED) is 0.103. The number of anilines is 1. The third-order valence-corrected chi connectivity index (χ3v) is 24.1. The zero-order chi connectivity index (χ0) is 50.4. The van der Waals surface area contributed by atoms with Gasteiger partial charge in [-0.1, -0.05) is 53.5 Å². The van der Waals surface area contributed by atoms with Crippen molar-refractivity contribution >= 4 is 73.3 Å².